The van der Waals surface area contributed by atoms with E-state index in [2.05, 4.69) is 191 Å². The molecule has 0 aliphatic heterocycles. The fourth-order valence-corrected chi connectivity index (χ4v) is 9.32. The smallest absolute Gasteiger partial charge is 0.135 e. The normalized spacial score (nSPS) is 12.1. The summed E-state index contributed by atoms with van der Waals surface area (Å²) in [7, 11) is 0. The Hall–Kier alpha value is -7.89. The number of pyridine rings is 1. The van der Waals surface area contributed by atoms with Crippen molar-refractivity contribution >= 4 is 87.5 Å². The Balaban J connectivity index is 0.909. The molecule has 0 bridgehead atoms. The summed E-state index contributed by atoms with van der Waals surface area (Å²) >= 11 is 0. The predicted octanol–water partition coefficient (Wildman–Crippen LogP) is 14.4. The van der Waals surface area contributed by atoms with Gasteiger partial charge in [0.1, 0.15) is 22.3 Å². The molecule has 0 unspecified atom stereocenters. The third kappa shape index (κ3) is 4.50. The van der Waals surface area contributed by atoms with Crippen LogP contribution < -0.4 is 0 Å². The molecule has 0 aliphatic carbocycles. The molecule has 0 atom stereocenters. The van der Waals surface area contributed by atoms with Gasteiger partial charge in [0.25, 0.3) is 0 Å². The van der Waals surface area contributed by atoms with E-state index in [9.17, 15) is 0 Å². The van der Waals surface area contributed by atoms with Gasteiger partial charge in [0.2, 0.25) is 0 Å². The molecule has 5 nitrogen and oxygen atoms in total. The Labute approximate surface area is 331 Å². The maximum atomic E-state index is 6.39. The van der Waals surface area contributed by atoms with Gasteiger partial charge in [-0.2, -0.15) is 0 Å². The molecular formula is C53H31N3O2. The zero-order valence-corrected chi connectivity index (χ0v) is 31.1. The highest BCUT2D eigenvalue weighted by molar-refractivity contribution is 6.12. The van der Waals surface area contributed by atoms with Crippen molar-refractivity contribution in [2.45, 2.75) is 0 Å². The molecule has 58 heavy (non-hydrogen) atoms. The van der Waals surface area contributed by atoms with Gasteiger partial charge in [-0.05, 0) is 114 Å². The maximum absolute atomic E-state index is 6.39. The van der Waals surface area contributed by atoms with Gasteiger partial charge in [0.15, 0.2) is 0 Å². The zero-order valence-electron chi connectivity index (χ0n) is 31.1. The van der Waals surface area contributed by atoms with Crippen LogP contribution in [0.15, 0.2) is 197 Å². The van der Waals surface area contributed by atoms with E-state index in [0.717, 1.165) is 77.6 Å². The SMILES string of the molecule is c1ccc2c(c1)c1ccccc1n2-c1ccc2oc3ccc(-c4ccnc(-c5ccc6oc7ccc(-n8c9ccccc9c9ccccc98)cc7c6c5)c4)cc3c2c1. The molecular weight excluding hydrogens is 711 g/mol. The first-order chi connectivity index (χ1) is 28.7. The molecule has 0 aliphatic rings. The number of furan rings is 2. The first kappa shape index (κ1) is 31.3. The molecule has 8 aromatic carbocycles. The molecule has 0 saturated heterocycles. The Bertz CT molecular complexity index is 3470. The molecule has 0 fully saturated rings. The van der Waals surface area contributed by atoms with Gasteiger partial charge in [0.05, 0.1) is 27.8 Å². The lowest BCUT2D eigenvalue weighted by atomic mass is 10.0. The van der Waals surface area contributed by atoms with Crippen LogP contribution in [-0.2, 0) is 0 Å². The van der Waals surface area contributed by atoms with Crippen LogP contribution in [0.1, 0.15) is 0 Å². The minimum atomic E-state index is 0.854. The zero-order chi connectivity index (χ0) is 37.9. The van der Waals surface area contributed by atoms with Crippen LogP contribution in [0.25, 0.3) is 121 Å². The van der Waals surface area contributed by atoms with Crippen molar-refractivity contribution < 1.29 is 8.83 Å². The number of hydrogen-bond donors (Lipinski definition) is 0. The molecule has 13 rings (SSSR count). The number of aromatic nitrogens is 3. The average Bonchev–Trinajstić information content (AvgIpc) is 4.03. The average molecular weight is 742 g/mol. The van der Waals surface area contributed by atoms with Gasteiger partial charge >= 0.3 is 0 Å². The van der Waals surface area contributed by atoms with Gasteiger partial charge in [0, 0.05) is 66.2 Å². The second-order valence-corrected chi connectivity index (χ2v) is 15.2. The van der Waals surface area contributed by atoms with Crippen LogP contribution >= 0.6 is 0 Å². The standard InChI is InChI=1S/C53H31N3O2/c1-5-13-46-37(9-1)38-10-2-6-14-47(38)55(46)35-19-23-52-43(30-35)41-27-32(17-21-50(41)57-52)33-25-26-54-45(29-33)34-18-22-51-42(28-34)44-31-36(20-24-53(44)58-51)56-48-15-7-3-11-39(48)40-12-4-8-16-49(40)56/h1-31H. The van der Waals surface area contributed by atoms with Crippen LogP contribution in [0, 0.1) is 0 Å². The van der Waals surface area contributed by atoms with Crippen LogP contribution in [0.3, 0.4) is 0 Å². The number of hydrogen-bond acceptors (Lipinski definition) is 3. The Morgan fingerprint density at radius 3 is 1.17 bits per heavy atom. The van der Waals surface area contributed by atoms with Crippen molar-refractivity contribution in [1.29, 1.82) is 0 Å². The number of nitrogens with zero attached hydrogens (tertiary/aromatic N) is 3. The van der Waals surface area contributed by atoms with E-state index in [4.69, 9.17) is 13.8 Å². The fourth-order valence-electron chi connectivity index (χ4n) is 9.32. The second-order valence-electron chi connectivity index (χ2n) is 15.2. The highest BCUT2D eigenvalue weighted by Crippen LogP contribution is 2.39. The monoisotopic (exact) mass is 741 g/mol. The molecule has 5 heterocycles. The molecule has 0 saturated carbocycles. The van der Waals surface area contributed by atoms with Crippen molar-refractivity contribution in [3.05, 3.63) is 188 Å². The number of fused-ring (bicyclic) bond motifs is 12. The van der Waals surface area contributed by atoms with Gasteiger partial charge in [-0.3, -0.25) is 4.98 Å². The summed E-state index contributed by atoms with van der Waals surface area (Å²) < 4.78 is 17.5. The van der Waals surface area contributed by atoms with Crippen molar-refractivity contribution in [1.82, 2.24) is 14.1 Å². The molecule has 13 aromatic rings. The predicted molar refractivity (Wildman–Crippen MR) is 238 cm³/mol. The number of rotatable bonds is 4. The second kappa shape index (κ2) is 11.8. The molecule has 5 aromatic heterocycles. The third-order valence-corrected chi connectivity index (χ3v) is 12.0. The van der Waals surface area contributed by atoms with E-state index in [0.29, 0.717) is 0 Å². The largest absolute Gasteiger partial charge is 0.456 e. The van der Waals surface area contributed by atoms with Gasteiger partial charge in [-0.1, -0.05) is 78.9 Å². The van der Waals surface area contributed by atoms with Gasteiger partial charge in [-0.25, -0.2) is 0 Å². The summed E-state index contributed by atoms with van der Waals surface area (Å²) in [5.74, 6) is 0. The van der Waals surface area contributed by atoms with E-state index < -0.39 is 0 Å². The van der Waals surface area contributed by atoms with E-state index in [-0.39, 0.29) is 0 Å². The Morgan fingerprint density at radius 2 is 0.690 bits per heavy atom. The van der Waals surface area contributed by atoms with Crippen molar-refractivity contribution in [2.24, 2.45) is 0 Å². The summed E-state index contributed by atoms with van der Waals surface area (Å²) in [6.45, 7) is 0. The lowest BCUT2D eigenvalue weighted by Crippen LogP contribution is -1.93. The number of benzene rings is 8. The van der Waals surface area contributed by atoms with Gasteiger partial charge in [-0.15, -0.1) is 0 Å². The molecule has 0 amide bonds. The molecule has 270 valence electrons. The van der Waals surface area contributed by atoms with E-state index in [1.807, 2.05) is 6.20 Å². The molecule has 0 spiro atoms. The molecule has 0 radical (unpaired) electrons. The van der Waals surface area contributed by atoms with Crippen molar-refractivity contribution in [3.8, 4) is 33.8 Å². The highest BCUT2D eigenvalue weighted by atomic mass is 16.3. The Kier molecular flexibility index (Phi) is 6.38. The van der Waals surface area contributed by atoms with Crippen LogP contribution in [0.5, 0.6) is 0 Å². The summed E-state index contributed by atoms with van der Waals surface area (Å²) in [5.41, 5.74) is 14.5. The topological polar surface area (TPSA) is 49.0 Å². The third-order valence-electron chi connectivity index (χ3n) is 12.0. The van der Waals surface area contributed by atoms with Crippen LogP contribution in [-0.4, -0.2) is 14.1 Å². The summed E-state index contributed by atoms with van der Waals surface area (Å²) in [4.78, 5) is 4.87. The van der Waals surface area contributed by atoms with Crippen molar-refractivity contribution in [2.75, 3.05) is 0 Å². The number of para-hydroxylation sites is 4. The first-order valence-corrected chi connectivity index (χ1v) is 19.6. The van der Waals surface area contributed by atoms with Crippen molar-refractivity contribution in [3.63, 3.8) is 0 Å². The van der Waals surface area contributed by atoms with Crippen LogP contribution in [0.2, 0.25) is 0 Å². The highest BCUT2D eigenvalue weighted by Gasteiger charge is 2.17. The first-order valence-electron chi connectivity index (χ1n) is 19.6. The summed E-state index contributed by atoms with van der Waals surface area (Å²) in [6.07, 6.45) is 1.90. The summed E-state index contributed by atoms with van der Waals surface area (Å²) in [6, 6.07) is 64.6. The van der Waals surface area contributed by atoms with E-state index in [1.165, 1.54) is 43.6 Å². The van der Waals surface area contributed by atoms with Gasteiger partial charge < -0.3 is 18.0 Å². The van der Waals surface area contributed by atoms with E-state index in [1.54, 1.807) is 0 Å². The maximum Gasteiger partial charge on any atom is 0.135 e. The Morgan fingerprint density at radius 1 is 0.310 bits per heavy atom. The van der Waals surface area contributed by atoms with Crippen LogP contribution in [0.4, 0.5) is 0 Å². The minimum Gasteiger partial charge on any atom is -0.456 e. The minimum absolute atomic E-state index is 0.854. The van der Waals surface area contributed by atoms with E-state index >= 15 is 0 Å². The fraction of sp³-hybridized carbons (Fsp3) is 0. The summed E-state index contributed by atoms with van der Waals surface area (Å²) in [5, 5.41) is 9.28. The molecule has 5 heteroatoms. The quantitative estimate of drug-likeness (QED) is 0.180. The lowest BCUT2D eigenvalue weighted by molar-refractivity contribution is 0.668. The molecule has 0 N–H and O–H groups in total. The lowest BCUT2D eigenvalue weighted by Gasteiger charge is -2.08.